The van der Waals surface area contributed by atoms with Crippen LogP contribution < -0.4 is 9.47 Å². The zero-order valence-electron chi connectivity index (χ0n) is 16.1. The molecule has 0 aromatic heterocycles. The number of carbonyl (C=O) groups excluding carboxylic acids is 1. The fourth-order valence-electron chi connectivity index (χ4n) is 3.06. The Morgan fingerprint density at radius 2 is 1.70 bits per heavy atom. The molecule has 0 atom stereocenters. The fraction of sp³-hybridized carbons (Fsp3) is 0.588. The van der Waals surface area contributed by atoms with Crippen molar-refractivity contribution in [1.82, 2.24) is 13.5 Å². The number of rotatable bonds is 7. The Kier molecular flexibility index (Phi) is 7.49. The molecule has 8 nitrogen and oxygen atoms in total. The second kappa shape index (κ2) is 9.22. The lowest BCUT2D eigenvalue weighted by molar-refractivity contribution is 0.0690. The summed E-state index contributed by atoms with van der Waals surface area (Å²) in [5.74, 6) is 0.749. The van der Waals surface area contributed by atoms with Crippen LogP contribution in [0.4, 0.5) is 0 Å². The van der Waals surface area contributed by atoms with Crippen molar-refractivity contribution in [2.75, 3.05) is 53.5 Å². The highest BCUT2D eigenvalue weighted by molar-refractivity contribution is 9.10. The first-order valence-electron chi connectivity index (χ1n) is 8.76. The van der Waals surface area contributed by atoms with Crippen LogP contribution in [0.2, 0.25) is 0 Å². The normalized spacial score (nSPS) is 15.9. The molecule has 1 amide bonds. The van der Waals surface area contributed by atoms with E-state index in [1.54, 1.807) is 17.0 Å². The van der Waals surface area contributed by atoms with Crippen LogP contribution in [0.3, 0.4) is 0 Å². The predicted octanol–water partition coefficient (Wildman–Crippen LogP) is 1.81. The maximum atomic E-state index is 13.0. The van der Waals surface area contributed by atoms with E-state index in [1.165, 1.54) is 22.8 Å². The van der Waals surface area contributed by atoms with E-state index < -0.39 is 10.2 Å². The van der Waals surface area contributed by atoms with Gasteiger partial charge in [0.1, 0.15) is 11.5 Å². The van der Waals surface area contributed by atoms with Crippen LogP contribution in [0.25, 0.3) is 0 Å². The number of nitrogens with zero attached hydrogens (tertiary/aromatic N) is 3. The van der Waals surface area contributed by atoms with Gasteiger partial charge in [0.2, 0.25) is 0 Å². The summed E-state index contributed by atoms with van der Waals surface area (Å²) in [4.78, 5) is 14.6. The molecule has 1 fully saturated rings. The van der Waals surface area contributed by atoms with Crippen molar-refractivity contribution in [3.05, 3.63) is 22.2 Å². The van der Waals surface area contributed by atoms with Gasteiger partial charge < -0.3 is 14.4 Å². The van der Waals surface area contributed by atoms with Gasteiger partial charge in [-0.25, -0.2) is 0 Å². The highest BCUT2D eigenvalue weighted by Gasteiger charge is 2.33. The van der Waals surface area contributed by atoms with Crippen LogP contribution in [0, 0.1) is 0 Å². The molecule has 0 unspecified atom stereocenters. The average molecular weight is 464 g/mol. The number of hydrogen-bond acceptors (Lipinski definition) is 5. The fourth-order valence-corrected chi connectivity index (χ4v) is 5.26. The molecular weight excluding hydrogens is 438 g/mol. The molecule has 1 aliphatic rings. The maximum absolute atomic E-state index is 13.0. The van der Waals surface area contributed by atoms with Gasteiger partial charge in [0, 0.05) is 39.3 Å². The number of halogens is 1. The molecule has 0 N–H and O–H groups in total. The summed E-state index contributed by atoms with van der Waals surface area (Å²) in [6.45, 7) is 5.63. The Balaban J connectivity index is 2.17. The second-order valence-corrected chi connectivity index (χ2v) is 8.76. The van der Waals surface area contributed by atoms with Crippen molar-refractivity contribution in [2.24, 2.45) is 0 Å². The van der Waals surface area contributed by atoms with Gasteiger partial charge in [-0.05, 0) is 28.1 Å². The molecule has 0 radical (unpaired) electrons. The first kappa shape index (κ1) is 21.9. The molecule has 1 aliphatic heterocycles. The van der Waals surface area contributed by atoms with Crippen LogP contribution in [-0.4, -0.2) is 81.3 Å². The molecule has 0 bridgehead atoms. The molecule has 1 aromatic rings. The quantitative estimate of drug-likeness (QED) is 0.615. The van der Waals surface area contributed by atoms with Crippen LogP contribution in [0.15, 0.2) is 16.6 Å². The molecule has 10 heteroatoms. The standard InChI is InChI=1S/C17H26BrN3O5S/c1-5-20(6-2)27(23,24)21-9-7-19(8-10-21)17(22)14-11-13(25-3)12-15(18)16(14)26-4/h11-12H,5-10H2,1-4H3. The second-order valence-electron chi connectivity index (χ2n) is 5.97. The third kappa shape index (κ3) is 4.56. The van der Waals surface area contributed by atoms with E-state index in [-0.39, 0.29) is 19.0 Å². The van der Waals surface area contributed by atoms with E-state index in [4.69, 9.17) is 9.47 Å². The third-order valence-corrected chi connectivity index (χ3v) is 7.35. The number of benzene rings is 1. The average Bonchev–Trinajstić information content (AvgIpc) is 2.67. The zero-order valence-corrected chi connectivity index (χ0v) is 18.5. The summed E-state index contributed by atoms with van der Waals surface area (Å²) in [5, 5.41) is 0. The molecular formula is C17H26BrN3O5S. The van der Waals surface area contributed by atoms with Crippen LogP contribution in [0.1, 0.15) is 24.2 Å². The Labute approximate surface area is 169 Å². The molecule has 1 aromatic carbocycles. The third-order valence-electron chi connectivity index (χ3n) is 4.57. The molecule has 1 saturated heterocycles. The maximum Gasteiger partial charge on any atom is 0.282 e. The van der Waals surface area contributed by atoms with Gasteiger partial charge in [0.15, 0.2) is 0 Å². The van der Waals surface area contributed by atoms with Gasteiger partial charge in [0.05, 0.1) is 24.3 Å². The first-order chi connectivity index (χ1) is 12.8. The van der Waals surface area contributed by atoms with E-state index in [0.29, 0.717) is 47.7 Å². The van der Waals surface area contributed by atoms with E-state index >= 15 is 0 Å². The van der Waals surface area contributed by atoms with Gasteiger partial charge in [-0.2, -0.15) is 17.0 Å². The Morgan fingerprint density at radius 3 is 2.19 bits per heavy atom. The minimum atomic E-state index is -3.49. The van der Waals surface area contributed by atoms with Crippen LogP contribution in [-0.2, 0) is 10.2 Å². The molecule has 0 saturated carbocycles. The van der Waals surface area contributed by atoms with Crippen molar-refractivity contribution in [1.29, 1.82) is 0 Å². The highest BCUT2D eigenvalue weighted by atomic mass is 79.9. The molecule has 0 aliphatic carbocycles. The number of methoxy groups -OCH3 is 2. The van der Waals surface area contributed by atoms with Crippen molar-refractivity contribution in [2.45, 2.75) is 13.8 Å². The first-order valence-corrected chi connectivity index (χ1v) is 10.9. The number of ether oxygens (including phenoxy) is 2. The monoisotopic (exact) mass is 463 g/mol. The van der Waals surface area contributed by atoms with Crippen molar-refractivity contribution >= 4 is 32.0 Å². The van der Waals surface area contributed by atoms with Gasteiger partial charge in [0.25, 0.3) is 16.1 Å². The molecule has 0 spiro atoms. The Bertz CT molecular complexity index is 775. The number of amides is 1. The number of hydrogen-bond donors (Lipinski definition) is 0. The van der Waals surface area contributed by atoms with Gasteiger partial charge in [-0.15, -0.1) is 0 Å². The Morgan fingerprint density at radius 1 is 1.11 bits per heavy atom. The largest absolute Gasteiger partial charge is 0.497 e. The van der Waals surface area contributed by atoms with Crippen LogP contribution in [0.5, 0.6) is 11.5 Å². The molecule has 1 heterocycles. The van der Waals surface area contributed by atoms with Crippen molar-refractivity contribution in [3.63, 3.8) is 0 Å². The van der Waals surface area contributed by atoms with Gasteiger partial charge in [-0.1, -0.05) is 13.8 Å². The van der Waals surface area contributed by atoms with Crippen LogP contribution >= 0.6 is 15.9 Å². The van der Waals surface area contributed by atoms with Gasteiger partial charge in [-0.3, -0.25) is 4.79 Å². The zero-order chi connectivity index (χ0) is 20.2. The van der Waals surface area contributed by atoms with E-state index in [9.17, 15) is 13.2 Å². The summed E-state index contributed by atoms with van der Waals surface area (Å²) in [7, 11) is -0.467. The summed E-state index contributed by atoms with van der Waals surface area (Å²) >= 11 is 3.39. The lowest BCUT2D eigenvalue weighted by Gasteiger charge is -2.36. The van der Waals surface area contributed by atoms with Crippen molar-refractivity contribution in [3.8, 4) is 11.5 Å². The molecule has 27 heavy (non-hydrogen) atoms. The minimum absolute atomic E-state index is 0.216. The van der Waals surface area contributed by atoms with E-state index in [2.05, 4.69) is 15.9 Å². The lowest BCUT2D eigenvalue weighted by Crippen LogP contribution is -2.54. The summed E-state index contributed by atoms with van der Waals surface area (Å²) < 4.78 is 39.3. The van der Waals surface area contributed by atoms with Gasteiger partial charge >= 0.3 is 0 Å². The summed E-state index contributed by atoms with van der Waals surface area (Å²) in [5.41, 5.74) is 0.378. The van der Waals surface area contributed by atoms with E-state index in [0.717, 1.165) is 0 Å². The summed E-state index contributed by atoms with van der Waals surface area (Å²) in [6.07, 6.45) is 0. The molecule has 152 valence electrons. The SMILES string of the molecule is CCN(CC)S(=O)(=O)N1CCN(C(=O)c2cc(OC)cc(Br)c2OC)CC1. The minimum Gasteiger partial charge on any atom is -0.497 e. The number of piperazine rings is 1. The topological polar surface area (TPSA) is 79.4 Å². The highest BCUT2D eigenvalue weighted by Crippen LogP contribution is 2.34. The smallest absolute Gasteiger partial charge is 0.282 e. The number of carbonyl (C=O) groups is 1. The summed E-state index contributed by atoms with van der Waals surface area (Å²) in [6, 6.07) is 3.36. The predicted molar refractivity (Wildman–Crippen MR) is 107 cm³/mol. The van der Waals surface area contributed by atoms with E-state index in [1.807, 2.05) is 13.8 Å². The van der Waals surface area contributed by atoms with Crippen molar-refractivity contribution < 1.29 is 22.7 Å². The lowest BCUT2D eigenvalue weighted by atomic mass is 10.1. The molecule has 2 rings (SSSR count). The Hall–Kier alpha value is -1.36.